The molecule has 0 unspecified atom stereocenters. The Morgan fingerprint density at radius 2 is 1.21 bits per heavy atom. The van der Waals surface area contributed by atoms with Crippen LogP contribution in [0.25, 0.3) is 21.5 Å². The van der Waals surface area contributed by atoms with Crippen LogP contribution >= 0.6 is 0 Å². The Labute approximate surface area is 170 Å². The molecule has 0 amide bonds. The number of rotatable bonds is 3. The highest BCUT2D eigenvalue weighted by Crippen LogP contribution is 2.63. The Bertz CT molecular complexity index is 984. The Morgan fingerprint density at radius 3 is 1.68 bits per heavy atom. The Morgan fingerprint density at radius 1 is 0.750 bits per heavy atom. The van der Waals surface area contributed by atoms with Crippen LogP contribution in [0.5, 0.6) is 0 Å². The van der Waals surface area contributed by atoms with Gasteiger partial charge in [-0.25, -0.2) is 0 Å². The summed E-state index contributed by atoms with van der Waals surface area (Å²) in [7, 11) is 1.23. The van der Waals surface area contributed by atoms with Gasteiger partial charge in [0, 0.05) is 10.2 Å². The number of aliphatic hydroxyl groups is 1. The van der Waals surface area contributed by atoms with Gasteiger partial charge >= 0.3 is 0 Å². The van der Waals surface area contributed by atoms with Crippen LogP contribution in [0, 0.1) is 23.7 Å². The summed E-state index contributed by atoms with van der Waals surface area (Å²) in [5.74, 6) is 2.62. The van der Waals surface area contributed by atoms with E-state index in [4.69, 9.17) is 0 Å². The van der Waals surface area contributed by atoms with E-state index in [2.05, 4.69) is 48.5 Å². The van der Waals surface area contributed by atoms with Crippen LogP contribution in [0.15, 0.2) is 48.5 Å². The van der Waals surface area contributed by atoms with Gasteiger partial charge in [-0.05, 0) is 94.9 Å². The molecule has 28 heavy (non-hydrogen) atoms. The maximum absolute atomic E-state index is 12.5. The molecule has 0 saturated heterocycles. The zero-order chi connectivity index (χ0) is 18.9. The van der Waals surface area contributed by atoms with Crippen LogP contribution < -0.4 is 0 Å². The van der Waals surface area contributed by atoms with Crippen LogP contribution in [0.2, 0.25) is 6.04 Å². The van der Waals surface area contributed by atoms with E-state index in [-0.39, 0.29) is 0 Å². The first kappa shape index (κ1) is 17.2. The topological polar surface area (TPSA) is 20.2 Å². The lowest BCUT2D eigenvalue weighted by atomic mass is 9.48. The first-order valence-corrected chi connectivity index (χ1v) is 12.8. The summed E-state index contributed by atoms with van der Waals surface area (Å²) >= 11 is 0. The molecule has 4 fully saturated rings. The van der Waals surface area contributed by atoms with E-state index < -0.39 is 5.60 Å². The van der Waals surface area contributed by atoms with Gasteiger partial charge in [0.25, 0.3) is 0 Å². The maximum atomic E-state index is 12.5. The second-order valence-electron chi connectivity index (χ2n) is 9.82. The fourth-order valence-electron chi connectivity index (χ4n) is 7.48. The van der Waals surface area contributed by atoms with E-state index in [1.807, 2.05) is 0 Å². The zero-order valence-electron chi connectivity index (χ0n) is 16.8. The quantitative estimate of drug-likeness (QED) is 0.498. The molecule has 3 aromatic carbocycles. The first-order valence-electron chi connectivity index (χ1n) is 11.3. The van der Waals surface area contributed by atoms with Crippen molar-refractivity contribution >= 4 is 31.8 Å². The molecule has 0 heterocycles. The summed E-state index contributed by atoms with van der Waals surface area (Å²) in [5.41, 5.74) is 2.12. The van der Waals surface area contributed by atoms with Gasteiger partial charge < -0.3 is 5.11 Å². The van der Waals surface area contributed by atoms with Crippen LogP contribution in [-0.4, -0.2) is 15.3 Å². The molecule has 0 spiro atoms. The summed E-state index contributed by atoms with van der Waals surface area (Å²) in [5, 5.41) is 17.9. The molecule has 4 aliphatic carbocycles. The standard InChI is InChI=1S/C26H30OSi/c27-26(18-12-16-11-17(14-18)15-19(26)13-16)25-23-7-3-1-5-20(23)22(9-10-28)21-6-2-4-8-24(21)25/h1-8,16-19,27H,9-15H2,28H3. The van der Waals surface area contributed by atoms with Crippen LogP contribution in [0.1, 0.15) is 43.2 Å². The van der Waals surface area contributed by atoms with Crippen LogP contribution in [-0.2, 0) is 12.0 Å². The molecule has 144 valence electrons. The summed E-state index contributed by atoms with van der Waals surface area (Å²) in [6, 6.07) is 19.2. The molecule has 0 atom stereocenters. The first-order chi connectivity index (χ1) is 13.7. The van der Waals surface area contributed by atoms with E-state index in [9.17, 15) is 5.11 Å². The normalized spacial score (nSPS) is 33.9. The molecular formula is C26H30OSi. The average Bonchev–Trinajstić information content (AvgIpc) is 2.71. The van der Waals surface area contributed by atoms with Crippen LogP contribution in [0.4, 0.5) is 0 Å². The lowest BCUT2D eigenvalue weighted by molar-refractivity contribution is -0.177. The maximum Gasteiger partial charge on any atom is 0.0964 e. The predicted octanol–water partition coefficient (Wildman–Crippen LogP) is 4.96. The van der Waals surface area contributed by atoms with Crippen molar-refractivity contribution < 1.29 is 5.11 Å². The molecule has 2 heteroatoms. The molecule has 7 rings (SSSR count). The Hall–Kier alpha value is -1.64. The summed E-state index contributed by atoms with van der Waals surface area (Å²) in [4.78, 5) is 0. The van der Waals surface area contributed by atoms with Crippen molar-refractivity contribution in [1.82, 2.24) is 0 Å². The SMILES string of the molecule is OC1(c2c3ccccc3c(CC[SiH3])c3ccccc23)C2CC3CC(C2)CC1C3. The summed E-state index contributed by atoms with van der Waals surface area (Å²) in [6.07, 6.45) is 7.50. The average molecular weight is 387 g/mol. The van der Waals surface area contributed by atoms with Gasteiger partial charge in [-0.1, -0.05) is 54.6 Å². The third-order valence-corrected chi connectivity index (χ3v) is 8.83. The third-order valence-electron chi connectivity index (χ3n) is 8.33. The van der Waals surface area contributed by atoms with E-state index in [1.165, 1.54) is 81.1 Å². The van der Waals surface area contributed by atoms with Gasteiger partial charge in [-0.15, -0.1) is 0 Å². The molecule has 4 bridgehead atoms. The number of aryl methyl sites for hydroxylation is 1. The third kappa shape index (κ3) is 2.22. The molecule has 1 N–H and O–H groups in total. The lowest BCUT2D eigenvalue weighted by Crippen LogP contribution is -2.55. The Balaban J connectivity index is 1.70. The van der Waals surface area contributed by atoms with Crippen molar-refractivity contribution in [3.8, 4) is 0 Å². The van der Waals surface area contributed by atoms with Crippen LogP contribution in [0.3, 0.4) is 0 Å². The minimum atomic E-state index is -0.647. The van der Waals surface area contributed by atoms with Gasteiger partial charge in [0.1, 0.15) is 0 Å². The van der Waals surface area contributed by atoms with E-state index in [0.29, 0.717) is 11.8 Å². The lowest BCUT2D eigenvalue weighted by Gasteiger charge is -2.59. The molecule has 1 nitrogen and oxygen atoms in total. The second-order valence-corrected chi connectivity index (χ2v) is 10.8. The highest BCUT2D eigenvalue weighted by Gasteiger charge is 2.58. The highest BCUT2D eigenvalue weighted by molar-refractivity contribution is 6.10. The van der Waals surface area contributed by atoms with Crippen molar-refractivity contribution in [1.29, 1.82) is 0 Å². The number of benzene rings is 3. The molecule has 3 aromatic rings. The van der Waals surface area contributed by atoms with Gasteiger partial charge in [0.05, 0.1) is 5.60 Å². The predicted molar refractivity (Wildman–Crippen MR) is 121 cm³/mol. The molecule has 4 aliphatic rings. The highest BCUT2D eigenvalue weighted by atomic mass is 28.1. The van der Waals surface area contributed by atoms with Gasteiger partial charge in [-0.2, -0.15) is 0 Å². The van der Waals surface area contributed by atoms with Crippen molar-refractivity contribution in [2.24, 2.45) is 23.7 Å². The monoisotopic (exact) mass is 386 g/mol. The van der Waals surface area contributed by atoms with E-state index in [1.54, 1.807) is 0 Å². The molecular weight excluding hydrogens is 356 g/mol. The fraction of sp³-hybridized carbons (Fsp3) is 0.462. The van der Waals surface area contributed by atoms with E-state index >= 15 is 0 Å². The fourth-order valence-corrected chi connectivity index (χ4v) is 7.98. The summed E-state index contributed by atoms with van der Waals surface area (Å²) < 4.78 is 0. The smallest absolute Gasteiger partial charge is 0.0964 e. The summed E-state index contributed by atoms with van der Waals surface area (Å²) in [6.45, 7) is 0. The minimum absolute atomic E-state index is 0.444. The zero-order valence-corrected chi connectivity index (χ0v) is 18.8. The van der Waals surface area contributed by atoms with Crippen molar-refractivity contribution in [3.05, 3.63) is 59.7 Å². The van der Waals surface area contributed by atoms with Crippen molar-refractivity contribution in [2.45, 2.75) is 50.2 Å². The largest absolute Gasteiger partial charge is 0.385 e. The number of hydrogen-bond donors (Lipinski definition) is 1. The molecule has 4 saturated carbocycles. The minimum Gasteiger partial charge on any atom is -0.385 e. The molecule has 0 radical (unpaired) electrons. The van der Waals surface area contributed by atoms with Crippen molar-refractivity contribution in [3.63, 3.8) is 0 Å². The van der Waals surface area contributed by atoms with Crippen molar-refractivity contribution in [2.75, 3.05) is 0 Å². The van der Waals surface area contributed by atoms with Gasteiger partial charge in [0.2, 0.25) is 0 Å². The Kier molecular flexibility index (Phi) is 3.80. The molecule has 0 aliphatic heterocycles. The van der Waals surface area contributed by atoms with E-state index in [0.717, 1.165) is 18.3 Å². The number of fused-ring (bicyclic) bond motifs is 2. The number of hydrogen-bond acceptors (Lipinski definition) is 1. The van der Waals surface area contributed by atoms with Gasteiger partial charge in [0.15, 0.2) is 0 Å². The molecule has 0 aromatic heterocycles. The second kappa shape index (κ2) is 6.18. The van der Waals surface area contributed by atoms with Gasteiger partial charge in [-0.3, -0.25) is 0 Å².